The van der Waals surface area contributed by atoms with Gasteiger partial charge in [0.15, 0.2) is 0 Å². The summed E-state index contributed by atoms with van der Waals surface area (Å²) in [7, 11) is 0. The zero-order valence-corrected chi connectivity index (χ0v) is 27.6. The van der Waals surface area contributed by atoms with Gasteiger partial charge in [0.05, 0.1) is 18.6 Å². The Morgan fingerprint density at radius 1 is 1.00 bits per heavy atom. The Hall–Kier alpha value is -3.93. The number of hydrogen-bond acceptors (Lipinski definition) is 7. The van der Waals surface area contributed by atoms with Gasteiger partial charge in [-0.2, -0.15) is 0 Å². The highest BCUT2D eigenvalue weighted by molar-refractivity contribution is 5.91. The highest BCUT2D eigenvalue weighted by Crippen LogP contribution is 2.19. The zero-order chi connectivity index (χ0) is 34.2. The molecule has 12 heteroatoms. The van der Waals surface area contributed by atoms with Crippen molar-refractivity contribution in [3.05, 3.63) is 48.6 Å². The van der Waals surface area contributed by atoms with Crippen LogP contribution in [0.4, 0.5) is 4.79 Å². The Balaban J connectivity index is 2.98. The number of ether oxygens (including phenoxy) is 1. The smallest absolute Gasteiger partial charge is 0.408 e. The highest BCUT2D eigenvalue weighted by Gasteiger charge is 2.33. The van der Waals surface area contributed by atoms with Crippen LogP contribution in [-0.4, -0.2) is 71.2 Å². The molecule has 0 aromatic rings. The lowest BCUT2D eigenvalue weighted by atomic mass is 9.89. The molecule has 0 aromatic heterocycles. The number of primary amides is 1. The van der Waals surface area contributed by atoms with E-state index in [1.54, 1.807) is 33.8 Å². The SMILES string of the molecule is C=CC[C@H](C[C@H](O)[C@H](CC(C)C)NC(=O)[C@H](CC(N)=O)NC(=O)OC(C)(C)C)C(=O)N[C@@H](CC)C(=O)NCC1=CC=CC=CC1. The van der Waals surface area contributed by atoms with Gasteiger partial charge in [0.25, 0.3) is 0 Å². The molecule has 0 saturated carbocycles. The van der Waals surface area contributed by atoms with Gasteiger partial charge in [-0.25, -0.2) is 4.79 Å². The molecular formula is C33H53N5O7. The second-order valence-corrected chi connectivity index (χ2v) is 12.7. The number of carbonyl (C=O) groups excluding carboxylic acids is 5. The summed E-state index contributed by atoms with van der Waals surface area (Å²) < 4.78 is 5.21. The molecule has 1 rings (SSSR count). The van der Waals surface area contributed by atoms with Crippen LogP contribution in [0.5, 0.6) is 0 Å². The van der Waals surface area contributed by atoms with Crippen LogP contribution in [0.3, 0.4) is 0 Å². The van der Waals surface area contributed by atoms with E-state index in [1.807, 2.05) is 44.2 Å². The Labute approximate surface area is 267 Å². The fraction of sp³-hybridized carbons (Fsp3) is 0.606. The van der Waals surface area contributed by atoms with E-state index in [-0.39, 0.29) is 24.7 Å². The van der Waals surface area contributed by atoms with Crippen molar-refractivity contribution in [2.75, 3.05) is 6.54 Å². The summed E-state index contributed by atoms with van der Waals surface area (Å²) in [6.07, 6.45) is 10.3. The summed E-state index contributed by atoms with van der Waals surface area (Å²) in [4.78, 5) is 63.5. The van der Waals surface area contributed by atoms with Gasteiger partial charge in [-0.05, 0) is 64.4 Å². The van der Waals surface area contributed by atoms with Crippen LogP contribution in [0.1, 0.15) is 80.1 Å². The number of hydrogen-bond donors (Lipinski definition) is 6. The first-order chi connectivity index (χ1) is 21.1. The van der Waals surface area contributed by atoms with Crippen molar-refractivity contribution >= 4 is 29.7 Å². The third kappa shape index (κ3) is 16.1. The highest BCUT2D eigenvalue weighted by atomic mass is 16.6. The maximum atomic E-state index is 13.3. The van der Waals surface area contributed by atoms with Crippen LogP contribution in [0.25, 0.3) is 0 Å². The number of carbonyl (C=O) groups is 5. The number of amides is 5. The molecule has 45 heavy (non-hydrogen) atoms. The molecule has 7 N–H and O–H groups in total. The van der Waals surface area contributed by atoms with Crippen LogP contribution in [0, 0.1) is 11.8 Å². The van der Waals surface area contributed by atoms with Crippen molar-refractivity contribution < 1.29 is 33.8 Å². The zero-order valence-electron chi connectivity index (χ0n) is 27.6. The van der Waals surface area contributed by atoms with E-state index in [0.29, 0.717) is 25.8 Å². The molecule has 1 aliphatic carbocycles. The van der Waals surface area contributed by atoms with E-state index in [0.717, 1.165) is 5.57 Å². The quantitative estimate of drug-likeness (QED) is 0.125. The molecule has 0 aliphatic heterocycles. The number of aliphatic hydroxyl groups excluding tert-OH is 1. The van der Waals surface area contributed by atoms with Crippen LogP contribution in [-0.2, 0) is 23.9 Å². The van der Waals surface area contributed by atoms with Gasteiger partial charge in [-0.3, -0.25) is 19.2 Å². The second kappa shape index (κ2) is 19.5. The molecule has 12 nitrogen and oxygen atoms in total. The Morgan fingerprint density at radius 2 is 1.69 bits per heavy atom. The minimum absolute atomic E-state index is 0.0350. The molecule has 0 bridgehead atoms. The van der Waals surface area contributed by atoms with Gasteiger partial charge in [0.1, 0.15) is 17.7 Å². The average molecular weight is 632 g/mol. The first-order valence-corrected chi connectivity index (χ1v) is 15.5. The number of nitrogens with one attached hydrogen (secondary N) is 4. The van der Waals surface area contributed by atoms with E-state index in [2.05, 4.69) is 27.8 Å². The number of aliphatic hydroxyl groups is 1. The van der Waals surface area contributed by atoms with Gasteiger partial charge in [0, 0.05) is 12.5 Å². The molecule has 0 saturated heterocycles. The summed E-state index contributed by atoms with van der Waals surface area (Å²) in [6, 6.07) is -2.94. The number of nitrogens with two attached hydrogens (primary N) is 1. The number of rotatable bonds is 18. The van der Waals surface area contributed by atoms with E-state index >= 15 is 0 Å². The molecule has 0 unspecified atom stereocenters. The normalized spacial score (nSPS) is 16.2. The fourth-order valence-corrected chi connectivity index (χ4v) is 4.65. The maximum Gasteiger partial charge on any atom is 0.408 e. The lowest BCUT2D eigenvalue weighted by Gasteiger charge is -2.30. The molecule has 252 valence electrons. The van der Waals surface area contributed by atoms with Crippen molar-refractivity contribution in [2.24, 2.45) is 17.6 Å². The molecular weight excluding hydrogens is 578 g/mol. The third-order valence-corrected chi connectivity index (χ3v) is 6.88. The van der Waals surface area contributed by atoms with E-state index < -0.39 is 66.0 Å². The van der Waals surface area contributed by atoms with Crippen molar-refractivity contribution in [2.45, 2.75) is 110 Å². The van der Waals surface area contributed by atoms with Crippen molar-refractivity contribution in [3.8, 4) is 0 Å². The average Bonchev–Trinajstić information content (AvgIpc) is 3.20. The van der Waals surface area contributed by atoms with Gasteiger partial charge < -0.3 is 36.8 Å². The lowest BCUT2D eigenvalue weighted by molar-refractivity contribution is -0.132. The van der Waals surface area contributed by atoms with E-state index in [4.69, 9.17) is 10.5 Å². The lowest BCUT2D eigenvalue weighted by Crippen LogP contribution is -2.55. The molecule has 1 aliphatic rings. The third-order valence-electron chi connectivity index (χ3n) is 6.88. The monoisotopic (exact) mass is 631 g/mol. The van der Waals surface area contributed by atoms with E-state index in [1.165, 1.54) is 0 Å². The Bertz CT molecular complexity index is 1120. The fourth-order valence-electron chi connectivity index (χ4n) is 4.65. The summed E-state index contributed by atoms with van der Waals surface area (Å²) in [5, 5.41) is 22.1. The van der Waals surface area contributed by atoms with Crippen LogP contribution in [0.2, 0.25) is 0 Å². The Morgan fingerprint density at radius 3 is 2.27 bits per heavy atom. The topological polar surface area (TPSA) is 189 Å². The molecule has 0 radical (unpaired) electrons. The van der Waals surface area contributed by atoms with Gasteiger partial charge >= 0.3 is 6.09 Å². The summed E-state index contributed by atoms with van der Waals surface area (Å²) in [5.41, 5.74) is 5.51. The second-order valence-electron chi connectivity index (χ2n) is 12.7. The number of alkyl carbamates (subject to hydrolysis) is 1. The standard InChI is InChI=1S/C33H53N5O7/c1-8-14-23(29(41)36-24(9-2)30(42)35-20-22-15-12-10-11-13-16-22)18-27(39)25(17-21(3)4)37-31(43)26(19-28(34)40)38-32(44)45-33(5,6)7/h8,10-13,15,21,23-27,39H,1,9,14,16-20H2,2-7H3,(H2,34,40)(H,35,42)(H,36,41)(H,37,43)(H,38,44)/t23-,24+,25+,26+,27+/m1/s1. The minimum Gasteiger partial charge on any atom is -0.444 e. The van der Waals surface area contributed by atoms with Crippen molar-refractivity contribution in [1.82, 2.24) is 21.3 Å². The molecule has 0 fully saturated rings. The maximum absolute atomic E-state index is 13.3. The first-order valence-electron chi connectivity index (χ1n) is 15.5. The molecule has 5 amide bonds. The van der Waals surface area contributed by atoms with Crippen LogP contribution < -0.4 is 27.0 Å². The van der Waals surface area contributed by atoms with Crippen LogP contribution >= 0.6 is 0 Å². The predicted octanol–water partition coefficient (Wildman–Crippen LogP) is 2.68. The number of allylic oxidation sites excluding steroid dienone is 6. The predicted molar refractivity (Wildman–Crippen MR) is 173 cm³/mol. The van der Waals surface area contributed by atoms with Crippen molar-refractivity contribution in [3.63, 3.8) is 0 Å². The van der Waals surface area contributed by atoms with Crippen LogP contribution in [0.15, 0.2) is 48.6 Å². The summed E-state index contributed by atoms with van der Waals surface area (Å²) >= 11 is 0. The summed E-state index contributed by atoms with van der Waals surface area (Å²) in [5.74, 6) is -3.00. The molecule has 5 atom stereocenters. The van der Waals surface area contributed by atoms with Gasteiger partial charge in [-0.1, -0.05) is 57.2 Å². The first kappa shape index (κ1) is 39.1. The van der Waals surface area contributed by atoms with E-state index in [9.17, 15) is 29.1 Å². The minimum atomic E-state index is -1.34. The summed E-state index contributed by atoms with van der Waals surface area (Å²) in [6.45, 7) is 14.7. The molecule has 0 heterocycles. The van der Waals surface area contributed by atoms with Gasteiger partial charge in [-0.15, -0.1) is 6.58 Å². The van der Waals surface area contributed by atoms with Crippen molar-refractivity contribution in [1.29, 1.82) is 0 Å². The van der Waals surface area contributed by atoms with Gasteiger partial charge in [0.2, 0.25) is 23.6 Å². The largest absolute Gasteiger partial charge is 0.444 e. The molecule has 0 aromatic carbocycles. The Kier molecular flexibility index (Phi) is 16.9. The molecule has 0 spiro atoms.